The number of nitrogens with zero attached hydrogens (tertiary/aromatic N) is 4. The van der Waals surface area contributed by atoms with E-state index in [1.54, 1.807) is 12.3 Å². The number of aromatic nitrogens is 4. The summed E-state index contributed by atoms with van der Waals surface area (Å²) in [4.78, 5) is 16.4. The van der Waals surface area contributed by atoms with Crippen LogP contribution in [-0.2, 0) is 0 Å². The fourth-order valence-corrected chi connectivity index (χ4v) is 2.21. The molecule has 0 radical (unpaired) electrons. The lowest BCUT2D eigenvalue weighted by molar-refractivity contribution is 0.899. The van der Waals surface area contributed by atoms with Crippen molar-refractivity contribution in [3.05, 3.63) is 24.7 Å². The smallest absolute Gasteiger partial charge is 0.190 e. The van der Waals surface area contributed by atoms with E-state index in [1.807, 2.05) is 12.3 Å². The van der Waals surface area contributed by atoms with Crippen LogP contribution < -0.4 is 5.73 Å². The standard InChI is InChI=1S/C9H9N5S2/c1-15-9-13-6(10)4-8(14-9)16-7-2-3-11-5-12-7/h2-5H,1H3,(H2,10,13,14). The Morgan fingerprint density at radius 3 is 2.81 bits per heavy atom. The Morgan fingerprint density at radius 2 is 2.12 bits per heavy atom. The number of hydrogen-bond donors (Lipinski definition) is 1. The van der Waals surface area contributed by atoms with Gasteiger partial charge >= 0.3 is 0 Å². The van der Waals surface area contributed by atoms with E-state index in [0.29, 0.717) is 11.0 Å². The van der Waals surface area contributed by atoms with Crippen LogP contribution in [0.5, 0.6) is 0 Å². The maximum absolute atomic E-state index is 5.68. The maximum atomic E-state index is 5.68. The molecule has 0 aliphatic rings. The van der Waals surface area contributed by atoms with Gasteiger partial charge in [0.15, 0.2) is 5.16 Å². The lowest BCUT2D eigenvalue weighted by Gasteiger charge is -2.02. The molecule has 2 rings (SSSR count). The van der Waals surface area contributed by atoms with Crippen molar-refractivity contribution in [3.8, 4) is 0 Å². The Balaban J connectivity index is 2.24. The fourth-order valence-electron chi connectivity index (χ4n) is 1.01. The van der Waals surface area contributed by atoms with E-state index in [2.05, 4.69) is 19.9 Å². The highest BCUT2D eigenvalue weighted by Crippen LogP contribution is 2.26. The van der Waals surface area contributed by atoms with Crippen molar-refractivity contribution in [2.45, 2.75) is 15.2 Å². The van der Waals surface area contributed by atoms with E-state index < -0.39 is 0 Å². The molecule has 0 aliphatic carbocycles. The molecular weight excluding hydrogens is 242 g/mol. The van der Waals surface area contributed by atoms with E-state index >= 15 is 0 Å². The molecule has 0 saturated heterocycles. The molecule has 0 unspecified atom stereocenters. The maximum Gasteiger partial charge on any atom is 0.190 e. The van der Waals surface area contributed by atoms with Gasteiger partial charge < -0.3 is 5.73 Å². The SMILES string of the molecule is CSc1nc(N)cc(Sc2ccncn2)n1. The topological polar surface area (TPSA) is 77.6 Å². The third-order valence-corrected chi connectivity index (χ3v) is 3.07. The number of hydrogen-bond acceptors (Lipinski definition) is 7. The summed E-state index contributed by atoms with van der Waals surface area (Å²) in [6.07, 6.45) is 5.10. The summed E-state index contributed by atoms with van der Waals surface area (Å²) < 4.78 is 0. The van der Waals surface area contributed by atoms with Gasteiger partial charge in [0.2, 0.25) is 0 Å². The van der Waals surface area contributed by atoms with Gasteiger partial charge in [0, 0.05) is 12.3 Å². The highest BCUT2D eigenvalue weighted by atomic mass is 32.2. The van der Waals surface area contributed by atoms with Gasteiger partial charge in [-0.05, 0) is 24.1 Å². The Labute approximate surface area is 101 Å². The number of anilines is 1. The first-order valence-electron chi connectivity index (χ1n) is 4.40. The molecule has 0 aromatic carbocycles. The molecule has 2 aromatic rings. The predicted octanol–water partition coefficient (Wildman–Crippen LogP) is 1.72. The average Bonchev–Trinajstić information content (AvgIpc) is 2.29. The summed E-state index contributed by atoms with van der Waals surface area (Å²) in [5.74, 6) is 0.468. The second-order valence-electron chi connectivity index (χ2n) is 2.77. The van der Waals surface area contributed by atoms with Crippen LogP contribution in [0.25, 0.3) is 0 Å². The third-order valence-electron chi connectivity index (χ3n) is 1.65. The minimum Gasteiger partial charge on any atom is -0.384 e. The van der Waals surface area contributed by atoms with Gasteiger partial charge in [0.1, 0.15) is 22.2 Å². The molecule has 5 nitrogen and oxygen atoms in total. The van der Waals surface area contributed by atoms with Gasteiger partial charge in [-0.15, -0.1) is 0 Å². The molecule has 2 aromatic heterocycles. The van der Waals surface area contributed by atoms with Crippen molar-refractivity contribution in [2.75, 3.05) is 12.0 Å². The van der Waals surface area contributed by atoms with E-state index in [-0.39, 0.29) is 0 Å². The van der Waals surface area contributed by atoms with Crippen LogP contribution in [0.2, 0.25) is 0 Å². The van der Waals surface area contributed by atoms with Crippen molar-refractivity contribution in [3.63, 3.8) is 0 Å². The van der Waals surface area contributed by atoms with Crippen molar-refractivity contribution in [1.82, 2.24) is 19.9 Å². The number of nitrogen functional groups attached to an aromatic ring is 1. The zero-order valence-corrected chi connectivity index (χ0v) is 10.1. The van der Waals surface area contributed by atoms with Crippen LogP contribution in [0.3, 0.4) is 0 Å². The van der Waals surface area contributed by atoms with Gasteiger partial charge in [-0.2, -0.15) is 0 Å². The van der Waals surface area contributed by atoms with E-state index in [0.717, 1.165) is 10.1 Å². The first-order chi connectivity index (χ1) is 7.78. The molecule has 0 aliphatic heterocycles. The number of thioether (sulfide) groups is 1. The summed E-state index contributed by atoms with van der Waals surface area (Å²) in [6.45, 7) is 0. The van der Waals surface area contributed by atoms with Crippen molar-refractivity contribution < 1.29 is 0 Å². The first-order valence-corrected chi connectivity index (χ1v) is 6.44. The minimum absolute atomic E-state index is 0.468. The van der Waals surface area contributed by atoms with Crippen molar-refractivity contribution in [2.24, 2.45) is 0 Å². The van der Waals surface area contributed by atoms with Crippen LogP contribution in [0.4, 0.5) is 5.82 Å². The molecule has 0 bridgehead atoms. The Bertz CT molecular complexity index is 477. The number of nitrogens with two attached hydrogens (primary N) is 1. The Morgan fingerprint density at radius 1 is 1.25 bits per heavy atom. The zero-order valence-electron chi connectivity index (χ0n) is 8.49. The lowest BCUT2D eigenvalue weighted by Crippen LogP contribution is -1.95. The molecule has 0 amide bonds. The van der Waals surface area contributed by atoms with E-state index in [1.165, 1.54) is 29.9 Å². The molecule has 2 heterocycles. The number of rotatable bonds is 3. The van der Waals surface area contributed by atoms with Gasteiger partial charge in [-0.1, -0.05) is 11.8 Å². The quantitative estimate of drug-likeness (QED) is 0.505. The first kappa shape index (κ1) is 11.2. The summed E-state index contributed by atoms with van der Waals surface area (Å²) in [5.41, 5.74) is 5.68. The van der Waals surface area contributed by atoms with Crippen LogP contribution in [-0.4, -0.2) is 26.2 Å². The molecule has 16 heavy (non-hydrogen) atoms. The third kappa shape index (κ3) is 2.83. The summed E-state index contributed by atoms with van der Waals surface area (Å²) in [7, 11) is 0. The van der Waals surface area contributed by atoms with Gasteiger partial charge in [0.05, 0.1) is 0 Å². The van der Waals surface area contributed by atoms with Crippen LogP contribution >= 0.6 is 23.5 Å². The highest BCUT2D eigenvalue weighted by molar-refractivity contribution is 7.99. The van der Waals surface area contributed by atoms with Crippen LogP contribution in [0, 0.1) is 0 Å². The molecule has 7 heteroatoms. The van der Waals surface area contributed by atoms with Gasteiger partial charge in [-0.3, -0.25) is 0 Å². The molecule has 2 N–H and O–H groups in total. The fraction of sp³-hybridized carbons (Fsp3) is 0.111. The van der Waals surface area contributed by atoms with Crippen LogP contribution in [0.15, 0.2) is 39.9 Å². The zero-order chi connectivity index (χ0) is 11.4. The Kier molecular flexibility index (Phi) is 3.58. The van der Waals surface area contributed by atoms with E-state index in [9.17, 15) is 0 Å². The van der Waals surface area contributed by atoms with Crippen molar-refractivity contribution >= 4 is 29.3 Å². The second kappa shape index (κ2) is 5.13. The highest BCUT2D eigenvalue weighted by Gasteiger charge is 2.04. The molecular formula is C9H9N5S2. The molecule has 0 saturated carbocycles. The predicted molar refractivity (Wildman–Crippen MR) is 64.4 cm³/mol. The van der Waals surface area contributed by atoms with Crippen molar-refractivity contribution in [1.29, 1.82) is 0 Å². The normalized spacial score (nSPS) is 10.3. The van der Waals surface area contributed by atoms with Crippen LogP contribution in [0.1, 0.15) is 0 Å². The molecule has 82 valence electrons. The minimum atomic E-state index is 0.468. The largest absolute Gasteiger partial charge is 0.384 e. The summed E-state index contributed by atoms with van der Waals surface area (Å²) in [6, 6.07) is 3.55. The summed E-state index contributed by atoms with van der Waals surface area (Å²) in [5, 5.41) is 2.28. The van der Waals surface area contributed by atoms with Gasteiger partial charge in [-0.25, -0.2) is 19.9 Å². The molecule has 0 fully saturated rings. The molecule has 0 spiro atoms. The monoisotopic (exact) mass is 251 g/mol. The molecule has 0 atom stereocenters. The Hall–Kier alpha value is -1.34. The average molecular weight is 251 g/mol. The summed E-state index contributed by atoms with van der Waals surface area (Å²) >= 11 is 2.90. The lowest BCUT2D eigenvalue weighted by atomic mass is 10.6. The second-order valence-corrected chi connectivity index (χ2v) is 4.58. The van der Waals surface area contributed by atoms with Gasteiger partial charge in [0.25, 0.3) is 0 Å². The van der Waals surface area contributed by atoms with E-state index in [4.69, 9.17) is 5.73 Å².